The largest absolute Gasteiger partial charge is 0.385 e. The van der Waals surface area contributed by atoms with Gasteiger partial charge in [0.1, 0.15) is 0 Å². The Morgan fingerprint density at radius 1 is 0.846 bits per heavy atom. The average Bonchev–Trinajstić information content (AvgIpc) is 2.67. The van der Waals surface area contributed by atoms with Gasteiger partial charge in [-0.1, -0.05) is 75.6 Å². The Hall–Kier alpha value is -1.80. The third-order valence-corrected chi connectivity index (χ3v) is 5.56. The van der Waals surface area contributed by atoms with Gasteiger partial charge in [0.25, 0.3) is 0 Å². The molecule has 0 aliphatic carbocycles. The van der Waals surface area contributed by atoms with Crippen molar-refractivity contribution in [3.05, 3.63) is 65.7 Å². The van der Waals surface area contributed by atoms with Gasteiger partial charge in [-0.2, -0.15) is 0 Å². The van der Waals surface area contributed by atoms with E-state index in [1.54, 1.807) is 0 Å². The number of hydrogen-bond donors (Lipinski definition) is 1. The minimum Gasteiger partial charge on any atom is -0.385 e. The molecule has 0 aliphatic rings. The summed E-state index contributed by atoms with van der Waals surface area (Å²) in [6.45, 7) is 5.62. The molecule has 0 aromatic heterocycles. The summed E-state index contributed by atoms with van der Waals surface area (Å²) >= 11 is 0. The summed E-state index contributed by atoms with van der Waals surface area (Å²) in [5.74, 6) is 0. The Labute approximate surface area is 160 Å². The van der Waals surface area contributed by atoms with E-state index in [0.29, 0.717) is 0 Å². The van der Waals surface area contributed by atoms with Crippen LogP contribution in [-0.2, 0) is 12.0 Å². The van der Waals surface area contributed by atoms with E-state index in [9.17, 15) is 0 Å². The van der Waals surface area contributed by atoms with Crippen molar-refractivity contribution < 1.29 is 0 Å². The van der Waals surface area contributed by atoms with E-state index in [2.05, 4.69) is 92.8 Å². The van der Waals surface area contributed by atoms with Gasteiger partial charge >= 0.3 is 0 Å². The highest BCUT2D eigenvalue weighted by molar-refractivity contribution is 5.46. The predicted octanol–water partition coefficient (Wildman–Crippen LogP) is 6.09. The zero-order valence-corrected chi connectivity index (χ0v) is 17.1. The number of anilines is 1. The number of nitrogens with one attached hydrogen (secondary N) is 1. The van der Waals surface area contributed by atoms with Crippen molar-refractivity contribution >= 4 is 5.69 Å². The molecule has 0 aliphatic heterocycles. The lowest BCUT2D eigenvalue weighted by Gasteiger charge is -2.40. The minimum atomic E-state index is 0.0288. The first-order chi connectivity index (χ1) is 12.6. The minimum absolute atomic E-state index is 0.0288. The molecule has 2 aromatic carbocycles. The standard InChI is InChI=1S/C24H36N2/c1-5-7-8-12-19-25-23-17-15-22(16-18-23)24(6-2,26(3)4)20-21-13-10-9-11-14-21/h9-11,13-18,25H,5-8,12,19-20H2,1-4H3. The molecule has 0 heterocycles. The Balaban J connectivity index is 2.10. The van der Waals surface area contributed by atoms with Gasteiger partial charge in [0.05, 0.1) is 0 Å². The van der Waals surface area contributed by atoms with Crippen LogP contribution in [-0.4, -0.2) is 25.5 Å². The smallest absolute Gasteiger partial charge is 0.0492 e. The Morgan fingerprint density at radius 3 is 2.12 bits per heavy atom. The molecule has 0 saturated heterocycles. The summed E-state index contributed by atoms with van der Waals surface area (Å²) in [5, 5.41) is 3.57. The maximum absolute atomic E-state index is 3.57. The second-order valence-electron chi connectivity index (χ2n) is 7.51. The zero-order chi connectivity index (χ0) is 18.8. The van der Waals surface area contributed by atoms with Crippen LogP contribution >= 0.6 is 0 Å². The molecule has 0 spiro atoms. The maximum atomic E-state index is 3.57. The molecule has 142 valence electrons. The van der Waals surface area contributed by atoms with Gasteiger partial charge in [-0.25, -0.2) is 0 Å². The summed E-state index contributed by atoms with van der Waals surface area (Å²) in [5.41, 5.74) is 4.04. The lowest BCUT2D eigenvalue weighted by atomic mass is 9.80. The van der Waals surface area contributed by atoms with Crippen molar-refractivity contribution in [2.75, 3.05) is 26.0 Å². The third-order valence-electron chi connectivity index (χ3n) is 5.56. The number of likely N-dealkylation sites (N-methyl/N-ethyl adjacent to an activating group) is 1. The molecule has 1 unspecified atom stereocenters. The molecule has 2 aromatic rings. The van der Waals surface area contributed by atoms with E-state index in [0.717, 1.165) is 19.4 Å². The second-order valence-corrected chi connectivity index (χ2v) is 7.51. The van der Waals surface area contributed by atoms with Crippen LogP contribution in [0.2, 0.25) is 0 Å². The van der Waals surface area contributed by atoms with E-state index in [-0.39, 0.29) is 5.54 Å². The molecule has 0 saturated carbocycles. The fourth-order valence-electron chi connectivity index (χ4n) is 3.78. The number of benzene rings is 2. The molecule has 2 heteroatoms. The number of unbranched alkanes of at least 4 members (excludes halogenated alkanes) is 3. The van der Waals surface area contributed by atoms with Crippen LogP contribution in [0.1, 0.15) is 57.1 Å². The lowest BCUT2D eigenvalue weighted by molar-refractivity contribution is 0.144. The third kappa shape index (κ3) is 5.35. The summed E-state index contributed by atoms with van der Waals surface area (Å²) in [6, 6.07) is 19.9. The number of nitrogens with zero attached hydrogens (tertiary/aromatic N) is 1. The van der Waals surface area contributed by atoms with Crippen molar-refractivity contribution in [2.45, 2.75) is 57.9 Å². The zero-order valence-electron chi connectivity index (χ0n) is 17.1. The van der Waals surface area contributed by atoms with Crippen molar-refractivity contribution in [3.63, 3.8) is 0 Å². The van der Waals surface area contributed by atoms with Crippen molar-refractivity contribution in [2.24, 2.45) is 0 Å². The van der Waals surface area contributed by atoms with Crippen molar-refractivity contribution in [3.8, 4) is 0 Å². The van der Waals surface area contributed by atoms with Gasteiger partial charge in [0.15, 0.2) is 0 Å². The van der Waals surface area contributed by atoms with E-state index in [1.807, 2.05) is 0 Å². The Bertz CT molecular complexity index is 618. The van der Waals surface area contributed by atoms with Crippen LogP contribution in [0.5, 0.6) is 0 Å². The van der Waals surface area contributed by atoms with Crippen LogP contribution in [0.15, 0.2) is 54.6 Å². The van der Waals surface area contributed by atoms with Crippen LogP contribution < -0.4 is 5.32 Å². The highest BCUT2D eigenvalue weighted by Crippen LogP contribution is 2.34. The predicted molar refractivity (Wildman–Crippen MR) is 115 cm³/mol. The molecule has 0 amide bonds. The quantitative estimate of drug-likeness (QED) is 0.492. The molecule has 26 heavy (non-hydrogen) atoms. The SMILES string of the molecule is CCCCCCNc1ccc(C(CC)(Cc2ccccc2)N(C)C)cc1. The van der Waals surface area contributed by atoms with Gasteiger partial charge in [-0.3, -0.25) is 4.90 Å². The van der Waals surface area contributed by atoms with Crippen LogP contribution in [0.4, 0.5) is 5.69 Å². The van der Waals surface area contributed by atoms with E-state index in [4.69, 9.17) is 0 Å². The van der Waals surface area contributed by atoms with Crippen LogP contribution in [0.3, 0.4) is 0 Å². The molecule has 1 atom stereocenters. The fourth-order valence-corrected chi connectivity index (χ4v) is 3.78. The number of rotatable bonds is 11. The summed E-state index contributed by atoms with van der Waals surface area (Å²) < 4.78 is 0. The van der Waals surface area contributed by atoms with Gasteiger partial charge in [-0.05, 0) is 56.6 Å². The molecular weight excluding hydrogens is 316 g/mol. The van der Waals surface area contributed by atoms with E-state index >= 15 is 0 Å². The van der Waals surface area contributed by atoms with Crippen molar-refractivity contribution in [1.29, 1.82) is 0 Å². The highest BCUT2D eigenvalue weighted by atomic mass is 15.1. The molecular formula is C24H36N2. The normalized spacial score (nSPS) is 13.6. The lowest BCUT2D eigenvalue weighted by Crippen LogP contribution is -2.43. The summed E-state index contributed by atoms with van der Waals surface area (Å²) in [7, 11) is 4.40. The topological polar surface area (TPSA) is 15.3 Å². The highest BCUT2D eigenvalue weighted by Gasteiger charge is 2.32. The van der Waals surface area contributed by atoms with Gasteiger partial charge < -0.3 is 5.32 Å². The fraction of sp³-hybridized carbons (Fsp3) is 0.500. The number of hydrogen-bond acceptors (Lipinski definition) is 2. The summed E-state index contributed by atoms with van der Waals surface area (Å²) in [4.78, 5) is 2.38. The van der Waals surface area contributed by atoms with E-state index in [1.165, 1.54) is 42.5 Å². The molecule has 0 fully saturated rings. The van der Waals surface area contributed by atoms with Gasteiger partial charge in [0, 0.05) is 17.8 Å². The molecule has 0 radical (unpaired) electrons. The average molecular weight is 353 g/mol. The van der Waals surface area contributed by atoms with Crippen LogP contribution in [0, 0.1) is 0 Å². The summed E-state index contributed by atoms with van der Waals surface area (Å²) in [6.07, 6.45) is 7.31. The van der Waals surface area contributed by atoms with Crippen molar-refractivity contribution in [1.82, 2.24) is 4.90 Å². The first-order valence-corrected chi connectivity index (χ1v) is 10.2. The molecule has 0 bridgehead atoms. The van der Waals surface area contributed by atoms with Gasteiger partial charge in [0.2, 0.25) is 0 Å². The first kappa shape index (κ1) is 20.5. The Morgan fingerprint density at radius 2 is 1.54 bits per heavy atom. The molecule has 2 nitrogen and oxygen atoms in total. The molecule has 2 rings (SSSR count). The monoisotopic (exact) mass is 352 g/mol. The first-order valence-electron chi connectivity index (χ1n) is 10.2. The second kappa shape index (κ2) is 10.4. The van der Waals surface area contributed by atoms with Gasteiger partial charge in [-0.15, -0.1) is 0 Å². The van der Waals surface area contributed by atoms with E-state index < -0.39 is 0 Å². The van der Waals surface area contributed by atoms with Crippen LogP contribution in [0.25, 0.3) is 0 Å². The molecule has 1 N–H and O–H groups in total. The Kier molecular flexibility index (Phi) is 8.18. The maximum Gasteiger partial charge on any atom is 0.0492 e.